The summed E-state index contributed by atoms with van der Waals surface area (Å²) >= 11 is 1.45. The monoisotopic (exact) mass is 452 g/mol. The van der Waals surface area contributed by atoms with Gasteiger partial charge in [-0.15, -0.1) is 11.3 Å². The lowest BCUT2D eigenvalue weighted by atomic mass is 10.1. The standard InChI is InChI=1S/C22H24N6O3S/c29-19-13-17(23-22-27(19)10-11-32-22)14-25-6-8-26(9-7-25)15-28-20(30)18(24-21(28)31)12-16-4-2-1-3-5-16/h1-5,10-11,13,18H,6-9,12,14-15H2,(H,24,31)/t18-/m1/s1. The van der Waals surface area contributed by atoms with Crippen LogP contribution in [0.15, 0.2) is 52.8 Å². The van der Waals surface area contributed by atoms with E-state index in [1.165, 1.54) is 16.2 Å². The van der Waals surface area contributed by atoms with Gasteiger partial charge in [-0.2, -0.15) is 0 Å². The maximum atomic E-state index is 12.8. The number of nitrogens with zero attached hydrogens (tertiary/aromatic N) is 5. The number of hydrogen-bond acceptors (Lipinski definition) is 7. The lowest BCUT2D eigenvalue weighted by Gasteiger charge is -2.35. The lowest BCUT2D eigenvalue weighted by Crippen LogP contribution is -2.51. The van der Waals surface area contributed by atoms with Crippen molar-refractivity contribution in [2.24, 2.45) is 0 Å². The molecule has 0 spiro atoms. The van der Waals surface area contributed by atoms with E-state index >= 15 is 0 Å². The number of hydrogen-bond donors (Lipinski definition) is 1. The number of nitrogens with one attached hydrogen (secondary N) is 1. The summed E-state index contributed by atoms with van der Waals surface area (Å²) in [5.41, 5.74) is 1.73. The molecule has 1 N–H and O–H groups in total. The van der Waals surface area contributed by atoms with Gasteiger partial charge in [-0.1, -0.05) is 30.3 Å². The molecule has 5 rings (SSSR count). The molecule has 0 radical (unpaired) electrons. The Morgan fingerprint density at radius 1 is 1.03 bits per heavy atom. The summed E-state index contributed by atoms with van der Waals surface area (Å²) < 4.78 is 1.55. The minimum absolute atomic E-state index is 0.0616. The van der Waals surface area contributed by atoms with Crippen LogP contribution < -0.4 is 10.9 Å². The highest BCUT2D eigenvalue weighted by molar-refractivity contribution is 7.15. The number of rotatable bonds is 6. The Morgan fingerprint density at radius 3 is 2.56 bits per heavy atom. The molecule has 166 valence electrons. The van der Waals surface area contributed by atoms with Gasteiger partial charge >= 0.3 is 6.03 Å². The number of thiazole rings is 1. The number of carbonyl (C=O) groups excluding carboxylic acids is 2. The molecule has 0 aliphatic carbocycles. The molecule has 4 heterocycles. The number of carbonyl (C=O) groups is 2. The molecule has 2 saturated heterocycles. The predicted molar refractivity (Wildman–Crippen MR) is 120 cm³/mol. The highest BCUT2D eigenvalue weighted by Gasteiger charge is 2.39. The number of fused-ring (bicyclic) bond motifs is 1. The van der Waals surface area contributed by atoms with Crippen molar-refractivity contribution >= 4 is 28.2 Å². The minimum Gasteiger partial charge on any atom is -0.325 e. The fraction of sp³-hybridized carbons (Fsp3) is 0.364. The van der Waals surface area contributed by atoms with Crippen LogP contribution in [0.3, 0.4) is 0 Å². The van der Waals surface area contributed by atoms with Crippen LogP contribution in [0.1, 0.15) is 11.3 Å². The average molecular weight is 453 g/mol. The largest absolute Gasteiger partial charge is 0.325 e. The van der Waals surface area contributed by atoms with Gasteiger partial charge in [0.15, 0.2) is 4.96 Å². The lowest BCUT2D eigenvalue weighted by molar-refractivity contribution is -0.129. The Balaban J connectivity index is 1.14. The second-order valence-electron chi connectivity index (χ2n) is 8.13. The predicted octanol–water partition coefficient (Wildman–Crippen LogP) is 0.994. The van der Waals surface area contributed by atoms with Crippen molar-refractivity contribution in [3.8, 4) is 0 Å². The van der Waals surface area contributed by atoms with E-state index in [0.717, 1.165) is 37.4 Å². The molecule has 9 nitrogen and oxygen atoms in total. The highest BCUT2D eigenvalue weighted by Crippen LogP contribution is 2.15. The van der Waals surface area contributed by atoms with Crippen molar-refractivity contribution in [3.63, 3.8) is 0 Å². The van der Waals surface area contributed by atoms with E-state index in [0.29, 0.717) is 24.6 Å². The topological polar surface area (TPSA) is 90.3 Å². The maximum absolute atomic E-state index is 12.8. The van der Waals surface area contributed by atoms with Crippen molar-refractivity contribution in [1.82, 2.24) is 29.4 Å². The van der Waals surface area contributed by atoms with Gasteiger partial charge in [0.2, 0.25) is 0 Å². The first-order chi connectivity index (χ1) is 15.6. The van der Waals surface area contributed by atoms with Gasteiger partial charge in [0, 0.05) is 56.8 Å². The highest BCUT2D eigenvalue weighted by atomic mass is 32.1. The maximum Gasteiger partial charge on any atom is 0.325 e. The van der Waals surface area contributed by atoms with E-state index in [1.807, 2.05) is 35.7 Å². The first-order valence-electron chi connectivity index (χ1n) is 10.6. The zero-order chi connectivity index (χ0) is 22.1. The molecule has 0 saturated carbocycles. The molecule has 0 bridgehead atoms. The molecule has 3 aromatic rings. The van der Waals surface area contributed by atoms with E-state index in [1.54, 1.807) is 16.7 Å². The summed E-state index contributed by atoms with van der Waals surface area (Å²) in [5.74, 6) is -0.171. The molecule has 10 heteroatoms. The van der Waals surface area contributed by atoms with Gasteiger partial charge in [0.05, 0.1) is 12.4 Å². The van der Waals surface area contributed by atoms with Gasteiger partial charge in [-0.05, 0) is 5.56 Å². The molecule has 3 amide bonds. The average Bonchev–Trinajstić information content (AvgIpc) is 3.36. The van der Waals surface area contributed by atoms with Crippen molar-refractivity contribution < 1.29 is 9.59 Å². The summed E-state index contributed by atoms with van der Waals surface area (Å²) in [6, 6.07) is 10.5. The summed E-state index contributed by atoms with van der Waals surface area (Å²) in [7, 11) is 0. The molecular weight excluding hydrogens is 428 g/mol. The van der Waals surface area contributed by atoms with E-state index in [-0.39, 0.29) is 17.5 Å². The van der Waals surface area contributed by atoms with E-state index in [2.05, 4.69) is 20.1 Å². The van der Waals surface area contributed by atoms with Crippen molar-refractivity contribution in [2.75, 3.05) is 32.8 Å². The molecule has 2 aromatic heterocycles. The molecule has 0 unspecified atom stereocenters. The van der Waals surface area contributed by atoms with Crippen LogP contribution in [0, 0.1) is 0 Å². The zero-order valence-electron chi connectivity index (χ0n) is 17.5. The first-order valence-corrected chi connectivity index (χ1v) is 11.5. The molecule has 1 atom stereocenters. The van der Waals surface area contributed by atoms with Crippen LogP contribution in [0.4, 0.5) is 4.79 Å². The smallest absolute Gasteiger partial charge is 0.325 e. The molecule has 32 heavy (non-hydrogen) atoms. The minimum atomic E-state index is -0.511. The van der Waals surface area contributed by atoms with E-state index in [9.17, 15) is 14.4 Å². The first kappa shape index (κ1) is 20.8. The number of urea groups is 1. The fourth-order valence-corrected chi connectivity index (χ4v) is 4.92. The zero-order valence-corrected chi connectivity index (χ0v) is 18.3. The molecule has 2 aliphatic rings. The van der Waals surface area contributed by atoms with Gasteiger partial charge < -0.3 is 5.32 Å². The van der Waals surface area contributed by atoms with Crippen LogP contribution in [0.5, 0.6) is 0 Å². The fourth-order valence-electron chi connectivity index (χ4n) is 4.19. The number of amides is 3. The third-order valence-electron chi connectivity index (χ3n) is 5.94. The van der Waals surface area contributed by atoms with Crippen molar-refractivity contribution in [3.05, 3.63) is 69.6 Å². The van der Waals surface area contributed by atoms with E-state index in [4.69, 9.17) is 0 Å². The Morgan fingerprint density at radius 2 is 1.78 bits per heavy atom. The van der Waals surface area contributed by atoms with Crippen LogP contribution in [0.2, 0.25) is 0 Å². The van der Waals surface area contributed by atoms with Crippen LogP contribution in [0.25, 0.3) is 4.96 Å². The summed E-state index contributed by atoms with van der Waals surface area (Å²) in [6.07, 6.45) is 2.23. The second-order valence-corrected chi connectivity index (χ2v) is 9.01. The SMILES string of the molecule is O=C1N[C@H](Cc2ccccc2)C(=O)N1CN1CCN(Cc2cc(=O)n3ccsc3n2)CC1. The molecular formula is C22H24N6O3S. The van der Waals surface area contributed by atoms with Gasteiger partial charge in [0.1, 0.15) is 6.04 Å². The van der Waals surface area contributed by atoms with Gasteiger partial charge in [0.25, 0.3) is 11.5 Å². The third-order valence-corrected chi connectivity index (χ3v) is 6.69. The second kappa shape index (κ2) is 8.81. The Kier molecular flexibility index (Phi) is 5.73. The Labute approximate surface area is 188 Å². The Hall–Kier alpha value is -3.08. The quantitative estimate of drug-likeness (QED) is 0.561. The summed E-state index contributed by atoms with van der Waals surface area (Å²) in [4.78, 5) is 48.3. The number of imide groups is 1. The molecule has 1 aromatic carbocycles. The van der Waals surface area contributed by atoms with Crippen molar-refractivity contribution in [1.29, 1.82) is 0 Å². The molecule has 2 fully saturated rings. The van der Waals surface area contributed by atoms with Crippen molar-refractivity contribution in [2.45, 2.75) is 19.0 Å². The third kappa shape index (κ3) is 4.29. The van der Waals surface area contributed by atoms with Crippen LogP contribution in [-0.4, -0.2) is 74.9 Å². The normalized spacial score (nSPS) is 20.2. The van der Waals surface area contributed by atoms with Crippen LogP contribution in [-0.2, 0) is 17.8 Å². The summed E-state index contributed by atoms with van der Waals surface area (Å²) in [6.45, 7) is 3.94. The van der Waals surface area contributed by atoms with Gasteiger partial charge in [-0.25, -0.2) is 14.7 Å². The number of benzene rings is 1. The molecule has 2 aliphatic heterocycles. The number of aromatic nitrogens is 2. The summed E-state index contributed by atoms with van der Waals surface area (Å²) in [5, 5.41) is 4.67. The van der Waals surface area contributed by atoms with E-state index < -0.39 is 6.04 Å². The Bertz CT molecular complexity index is 1190. The van der Waals surface area contributed by atoms with Crippen LogP contribution >= 0.6 is 11.3 Å². The van der Waals surface area contributed by atoms with Gasteiger partial charge in [-0.3, -0.25) is 23.8 Å². The number of piperazine rings is 1.